The number of nitro groups is 3. The summed E-state index contributed by atoms with van der Waals surface area (Å²) in [4.78, 5) is 30.7. The minimum Gasteiger partial charge on any atom is -0.863 e. The van der Waals surface area contributed by atoms with Crippen LogP contribution in [-0.2, 0) is 0 Å². The average Bonchev–Trinajstić information content (AvgIpc) is 2.61. The van der Waals surface area contributed by atoms with Crippen molar-refractivity contribution in [1.29, 1.82) is 0 Å². The number of pyridine rings is 1. The van der Waals surface area contributed by atoms with E-state index in [4.69, 9.17) is 0 Å². The van der Waals surface area contributed by atoms with Crippen LogP contribution in [0.4, 0.5) is 17.1 Å². The number of para-hydroxylation sites is 1. The second kappa shape index (κ2) is 7.61. The van der Waals surface area contributed by atoms with Crippen molar-refractivity contribution in [3.63, 3.8) is 0 Å². The van der Waals surface area contributed by atoms with Gasteiger partial charge in [-0.1, -0.05) is 12.1 Å². The molecule has 26 heavy (non-hydrogen) atoms. The topological polar surface area (TPSA) is 167 Å². The summed E-state index contributed by atoms with van der Waals surface area (Å²) in [5.74, 6) is -1.46. The van der Waals surface area contributed by atoms with Crippen molar-refractivity contribution in [1.82, 2.24) is 0 Å². The molecule has 3 rings (SSSR count). The SMILES string of the molecule is O=[N+]([O-])c1cc([N+](=O)[O-])c([O-])c([N+](=O)[O-])c1.c1ccc2[nH+]cccc2c1. The van der Waals surface area contributed by atoms with Crippen molar-refractivity contribution < 1.29 is 24.9 Å². The molecular formula is C15H10N4O7. The maximum Gasteiger partial charge on any atom is 0.283 e. The Morgan fingerprint density at radius 2 is 1.31 bits per heavy atom. The number of benzene rings is 2. The van der Waals surface area contributed by atoms with Gasteiger partial charge in [-0.3, -0.25) is 30.3 Å². The molecule has 0 aliphatic heterocycles. The van der Waals surface area contributed by atoms with Crippen LogP contribution in [-0.4, -0.2) is 14.8 Å². The first-order valence-corrected chi connectivity index (χ1v) is 6.95. The highest BCUT2D eigenvalue weighted by Gasteiger charge is 2.24. The van der Waals surface area contributed by atoms with E-state index in [1.807, 2.05) is 24.4 Å². The van der Waals surface area contributed by atoms with Gasteiger partial charge in [-0.2, -0.15) is 0 Å². The van der Waals surface area contributed by atoms with E-state index in [0.29, 0.717) is 12.1 Å². The van der Waals surface area contributed by atoms with Gasteiger partial charge in [0, 0.05) is 17.5 Å². The molecule has 0 bridgehead atoms. The maximum atomic E-state index is 11.1. The number of aromatic amines is 1. The van der Waals surface area contributed by atoms with Crippen LogP contribution in [0.5, 0.6) is 5.75 Å². The highest BCUT2D eigenvalue weighted by Crippen LogP contribution is 2.36. The zero-order valence-corrected chi connectivity index (χ0v) is 12.9. The second-order valence-electron chi connectivity index (χ2n) is 4.84. The van der Waals surface area contributed by atoms with E-state index in [-0.39, 0.29) is 0 Å². The Balaban J connectivity index is 0.000000206. The molecule has 0 saturated carbocycles. The summed E-state index contributed by atoms with van der Waals surface area (Å²) >= 11 is 0. The molecule has 11 heteroatoms. The quantitative estimate of drug-likeness (QED) is 0.510. The fraction of sp³-hybridized carbons (Fsp3) is 0. The molecule has 0 atom stereocenters. The first-order chi connectivity index (χ1) is 12.3. The summed E-state index contributed by atoms with van der Waals surface area (Å²) in [7, 11) is 0. The lowest BCUT2D eigenvalue weighted by atomic mass is 10.2. The number of nitro benzene ring substituents is 3. The monoisotopic (exact) mass is 358 g/mol. The van der Waals surface area contributed by atoms with Gasteiger partial charge >= 0.3 is 0 Å². The zero-order valence-electron chi connectivity index (χ0n) is 12.9. The van der Waals surface area contributed by atoms with Gasteiger partial charge in [0.1, 0.15) is 0 Å². The molecule has 1 N–H and O–H groups in total. The molecule has 0 aliphatic rings. The Bertz CT molecular complexity index is 906. The van der Waals surface area contributed by atoms with Crippen LogP contribution in [0, 0.1) is 30.3 Å². The predicted octanol–water partition coefficient (Wildman–Crippen LogP) is 2.14. The van der Waals surface area contributed by atoms with Crippen molar-refractivity contribution in [3.05, 3.63) is 85.1 Å². The Kier molecular flexibility index (Phi) is 5.33. The van der Waals surface area contributed by atoms with Crippen molar-refractivity contribution in [3.8, 4) is 5.75 Å². The van der Waals surface area contributed by atoms with Crippen LogP contribution >= 0.6 is 0 Å². The van der Waals surface area contributed by atoms with Crippen molar-refractivity contribution in [2.75, 3.05) is 0 Å². The van der Waals surface area contributed by atoms with Gasteiger partial charge in [-0.05, 0) is 12.1 Å². The Morgan fingerprint density at radius 1 is 0.769 bits per heavy atom. The standard InChI is InChI=1S/C9H7N.C6H3N3O7/c1-2-6-9-8(4-1)5-3-7-10-9;10-6-4(8(13)14)1-3(7(11)12)2-5(6)9(15)16/h1-7H;1-2,10H. The lowest BCUT2D eigenvalue weighted by Gasteiger charge is -2.06. The van der Waals surface area contributed by atoms with E-state index in [0.717, 1.165) is 0 Å². The van der Waals surface area contributed by atoms with E-state index in [1.54, 1.807) is 0 Å². The van der Waals surface area contributed by atoms with Crippen molar-refractivity contribution in [2.45, 2.75) is 0 Å². The van der Waals surface area contributed by atoms with Gasteiger partial charge in [0.15, 0.2) is 6.20 Å². The molecule has 0 unspecified atom stereocenters. The number of rotatable bonds is 3. The van der Waals surface area contributed by atoms with Gasteiger partial charge < -0.3 is 5.11 Å². The van der Waals surface area contributed by atoms with E-state index in [1.165, 1.54) is 10.9 Å². The van der Waals surface area contributed by atoms with Crippen LogP contribution in [0.25, 0.3) is 10.9 Å². The number of hydrogen-bond donors (Lipinski definition) is 0. The molecule has 11 nitrogen and oxygen atoms in total. The summed E-state index contributed by atoms with van der Waals surface area (Å²) in [5, 5.41) is 43.4. The Morgan fingerprint density at radius 3 is 1.81 bits per heavy atom. The van der Waals surface area contributed by atoms with Crippen molar-refractivity contribution >= 4 is 28.0 Å². The van der Waals surface area contributed by atoms with Crippen LogP contribution in [0.15, 0.2) is 54.7 Å². The number of fused-ring (bicyclic) bond motifs is 1. The summed E-state index contributed by atoms with van der Waals surface area (Å²) in [5.41, 5.74) is -2.08. The highest BCUT2D eigenvalue weighted by molar-refractivity contribution is 5.74. The number of nitrogens with zero attached hydrogens (tertiary/aromatic N) is 3. The second-order valence-corrected chi connectivity index (χ2v) is 4.84. The first-order valence-electron chi connectivity index (χ1n) is 6.95. The van der Waals surface area contributed by atoms with Crippen LogP contribution in [0.2, 0.25) is 0 Å². The molecule has 3 aromatic rings. The summed E-state index contributed by atoms with van der Waals surface area (Å²) in [6, 6.07) is 13.1. The van der Waals surface area contributed by atoms with E-state index in [9.17, 15) is 35.4 Å². The smallest absolute Gasteiger partial charge is 0.283 e. The summed E-state index contributed by atoms with van der Waals surface area (Å²) in [6.07, 6.45) is 1.93. The number of H-pyrrole nitrogens is 1. The van der Waals surface area contributed by atoms with Gasteiger partial charge in [0.2, 0.25) is 5.52 Å². The normalized spacial score (nSPS) is 9.85. The third-order valence-corrected chi connectivity index (χ3v) is 3.21. The molecule has 1 heterocycles. The number of non-ortho nitro benzene ring substituents is 1. The third kappa shape index (κ3) is 4.03. The van der Waals surface area contributed by atoms with Crippen LogP contribution in [0.3, 0.4) is 0 Å². The van der Waals surface area contributed by atoms with Crippen molar-refractivity contribution in [2.24, 2.45) is 0 Å². The molecule has 0 amide bonds. The highest BCUT2D eigenvalue weighted by atomic mass is 16.6. The molecule has 0 aliphatic carbocycles. The molecule has 0 saturated heterocycles. The third-order valence-electron chi connectivity index (χ3n) is 3.21. The lowest BCUT2D eigenvalue weighted by Crippen LogP contribution is -2.04. The fourth-order valence-electron chi connectivity index (χ4n) is 2.02. The van der Waals surface area contributed by atoms with Crippen LogP contribution < -0.4 is 10.1 Å². The predicted molar refractivity (Wildman–Crippen MR) is 86.4 cm³/mol. The maximum absolute atomic E-state index is 11.1. The summed E-state index contributed by atoms with van der Waals surface area (Å²) < 4.78 is 0. The van der Waals surface area contributed by atoms with Gasteiger partial charge in [0.25, 0.3) is 17.1 Å². The average molecular weight is 358 g/mol. The summed E-state index contributed by atoms with van der Waals surface area (Å²) in [6.45, 7) is 0. The van der Waals surface area contributed by atoms with Gasteiger partial charge in [-0.25, -0.2) is 4.98 Å². The minimum atomic E-state index is -1.46. The van der Waals surface area contributed by atoms with E-state index >= 15 is 0 Å². The number of hydrogen-bond acceptors (Lipinski definition) is 7. The Hall–Kier alpha value is -4.15. The molecule has 132 valence electrons. The molecule has 0 radical (unpaired) electrons. The minimum absolute atomic E-state index is 0.384. The molecular weight excluding hydrogens is 348 g/mol. The number of aromatic nitrogens is 1. The molecule has 0 fully saturated rings. The fourth-order valence-corrected chi connectivity index (χ4v) is 2.02. The largest absolute Gasteiger partial charge is 0.863 e. The van der Waals surface area contributed by atoms with E-state index < -0.39 is 37.6 Å². The molecule has 2 aromatic carbocycles. The lowest BCUT2D eigenvalue weighted by molar-refractivity contribution is -0.420. The molecule has 0 spiro atoms. The Labute approximate surface area is 144 Å². The van der Waals surface area contributed by atoms with Gasteiger partial charge in [-0.15, -0.1) is 0 Å². The zero-order chi connectivity index (χ0) is 19.3. The van der Waals surface area contributed by atoms with Crippen LogP contribution in [0.1, 0.15) is 0 Å². The van der Waals surface area contributed by atoms with Gasteiger partial charge in [0.05, 0.1) is 32.7 Å². The number of nitrogens with one attached hydrogen (secondary N) is 1. The van der Waals surface area contributed by atoms with E-state index in [2.05, 4.69) is 23.2 Å². The molecule has 1 aromatic heterocycles. The first kappa shape index (κ1) is 18.2.